The van der Waals surface area contributed by atoms with Gasteiger partial charge in [0.15, 0.2) is 11.6 Å². The quantitative estimate of drug-likeness (QED) is 0.854. The van der Waals surface area contributed by atoms with Gasteiger partial charge < -0.3 is 9.73 Å². The summed E-state index contributed by atoms with van der Waals surface area (Å²) in [5, 5.41) is 3.40. The van der Waals surface area contributed by atoms with Crippen molar-refractivity contribution in [2.45, 2.75) is 40.0 Å². The fourth-order valence-corrected chi connectivity index (χ4v) is 2.58. The summed E-state index contributed by atoms with van der Waals surface area (Å²) in [6.45, 7) is 9.38. The molecular weight excluding hydrogens is 318 g/mol. The van der Waals surface area contributed by atoms with Crippen LogP contribution in [-0.2, 0) is 0 Å². The van der Waals surface area contributed by atoms with Gasteiger partial charge in [-0.3, -0.25) is 0 Å². The van der Waals surface area contributed by atoms with Gasteiger partial charge in [-0.05, 0) is 41.3 Å². The van der Waals surface area contributed by atoms with Gasteiger partial charge in [0, 0.05) is 17.8 Å². The summed E-state index contributed by atoms with van der Waals surface area (Å²) in [6.07, 6.45) is 2.69. The van der Waals surface area contributed by atoms with Gasteiger partial charge in [-0.15, -0.1) is 0 Å². The standard InChI is InChI=1S/C15H20BrN3O/c1-5-7-17-14-12(9(2)3)10(4)18-15(19-14)13-11(16)6-8-20-13/h6,8-9H,5,7H2,1-4H3,(H,17,18,19). The minimum Gasteiger partial charge on any atom is -0.460 e. The molecule has 0 bridgehead atoms. The Bertz CT molecular complexity index is 593. The molecule has 0 amide bonds. The number of hydrogen-bond donors (Lipinski definition) is 1. The number of aromatic nitrogens is 2. The van der Waals surface area contributed by atoms with Crippen LogP contribution in [0.15, 0.2) is 21.2 Å². The topological polar surface area (TPSA) is 51.0 Å². The normalized spacial score (nSPS) is 11.1. The van der Waals surface area contributed by atoms with Gasteiger partial charge in [0.25, 0.3) is 0 Å². The maximum atomic E-state index is 5.47. The van der Waals surface area contributed by atoms with Crippen molar-refractivity contribution in [2.24, 2.45) is 0 Å². The largest absolute Gasteiger partial charge is 0.460 e. The van der Waals surface area contributed by atoms with Gasteiger partial charge >= 0.3 is 0 Å². The Morgan fingerprint density at radius 3 is 2.65 bits per heavy atom. The monoisotopic (exact) mass is 337 g/mol. The molecule has 0 saturated carbocycles. The van der Waals surface area contributed by atoms with E-state index in [2.05, 4.69) is 52.0 Å². The second-order valence-corrected chi connectivity index (χ2v) is 5.93. The predicted molar refractivity (Wildman–Crippen MR) is 85.0 cm³/mol. The summed E-state index contributed by atoms with van der Waals surface area (Å²) in [6, 6.07) is 1.85. The second-order valence-electron chi connectivity index (χ2n) is 5.07. The van der Waals surface area contributed by atoms with Crippen molar-refractivity contribution in [3.63, 3.8) is 0 Å². The number of halogens is 1. The van der Waals surface area contributed by atoms with Gasteiger partial charge in [-0.1, -0.05) is 20.8 Å². The zero-order valence-electron chi connectivity index (χ0n) is 12.3. The Morgan fingerprint density at radius 2 is 2.10 bits per heavy atom. The first-order valence-electron chi connectivity index (χ1n) is 6.90. The molecular formula is C15H20BrN3O. The first-order chi connectivity index (χ1) is 9.54. The minimum absolute atomic E-state index is 0.378. The summed E-state index contributed by atoms with van der Waals surface area (Å²) in [5.41, 5.74) is 2.16. The fourth-order valence-electron chi connectivity index (χ4n) is 2.21. The molecule has 2 heterocycles. The van der Waals surface area contributed by atoms with Crippen LogP contribution in [0.3, 0.4) is 0 Å². The summed E-state index contributed by atoms with van der Waals surface area (Å²) < 4.78 is 6.34. The van der Waals surface area contributed by atoms with E-state index in [1.807, 2.05) is 13.0 Å². The second kappa shape index (κ2) is 6.39. The van der Waals surface area contributed by atoms with Gasteiger partial charge in [-0.25, -0.2) is 9.97 Å². The van der Waals surface area contributed by atoms with Crippen molar-refractivity contribution in [2.75, 3.05) is 11.9 Å². The summed E-state index contributed by atoms with van der Waals surface area (Å²) in [5.74, 6) is 2.57. The number of rotatable bonds is 5. The molecule has 0 aliphatic carbocycles. The average Bonchev–Trinajstić information content (AvgIpc) is 2.81. The maximum absolute atomic E-state index is 5.47. The van der Waals surface area contributed by atoms with Gasteiger partial charge in [-0.2, -0.15) is 0 Å². The van der Waals surface area contributed by atoms with E-state index < -0.39 is 0 Å². The summed E-state index contributed by atoms with van der Waals surface area (Å²) in [7, 11) is 0. The Balaban J connectivity index is 2.51. The first kappa shape index (κ1) is 15.0. The molecule has 0 fully saturated rings. The zero-order chi connectivity index (χ0) is 14.7. The molecule has 5 heteroatoms. The average molecular weight is 338 g/mol. The van der Waals surface area contributed by atoms with Crippen molar-refractivity contribution >= 4 is 21.7 Å². The smallest absolute Gasteiger partial charge is 0.199 e. The number of nitrogens with one attached hydrogen (secondary N) is 1. The molecule has 0 aliphatic heterocycles. The highest BCUT2D eigenvalue weighted by Crippen LogP contribution is 2.31. The van der Waals surface area contributed by atoms with Crippen LogP contribution < -0.4 is 5.32 Å². The Hall–Kier alpha value is -1.36. The van der Waals surface area contributed by atoms with E-state index in [4.69, 9.17) is 4.42 Å². The third-order valence-electron chi connectivity index (χ3n) is 3.08. The molecule has 0 aliphatic rings. The molecule has 2 rings (SSSR count). The highest BCUT2D eigenvalue weighted by Gasteiger charge is 2.18. The lowest BCUT2D eigenvalue weighted by Gasteiger charge is -2.16. The molecule has 2 aromatic heterocycles. The molecule has 20 heavy (non-hydrogen) atoms. The van der Waals surface area contributed by atoms with E-state index in [0.29, 0.717) is 17.5 Å². The maximum Gasteiger partial charge on any atom is 0.199 e. The van der Waals surface area contributed by atoms with E-state index in [-0.39, 0.29) is 0 Å². The minimum atomic E-state index is 0.378. The molecule has 4 nitrogen and oxygen atoms in total. The number of aryl methyl sites for hydroxylation is 1. The van der Waals surface area contributed by atoms with Crippen molar-refractivity contribution in [1.29, 1.82) is 0 Å². The number of furan rings is 1. The lowest BCUT2D eigenvalue weighted by molar-refractivity contribution is 0.575. The van der Waals surface area contributed by atoms with Crippen LogP contribution in [0.2, 0.25) is 0 Å². The molecule has 0 unspecified atom stereocenters. The first-order valence-corrected chi connectivity index (χ1v) is 7.69. The van der Waals surface area contributed by atoms with Crippen molar-refractivity contribution in [3.05, 3.63) is 28.1 Å². The molecule has 108 valence electrons. The molecule has 0 atom stereocenters. The van der Waals surface area contributed by atoms with Crippen LogP contribution in [0.5, 0.6) is 0 Å². The highest BCUT2D eigenvalue weighted by atomic mass is 79.9. The van der Waals surface area contributed by atoms with Gasteiger partial charge in [0.05, 0.1) is 10.7 Å². The van der Waals surface area contributed by atoms with Crippen molar-refractivity contribution in [3.8, 4) is 11.6 Å². The summed E-state index contributed by atoms with van der Waals surface area (Å²) >= 11 is 3.46. The van der Waals surface area contributed by atoms with Crippen molar-refractivity contribution in [1.82, 2.24) is 9.97 Å². The third-order valence-corrected chi connectivity index (χ3v) is 3.70. The zero-order valence-corrected chi connectivity index (χ0v) is 13.9. The lowest BCUT2D eigenvalue weighted by atomic mass is 10.0. The molecule has 1 N–H and O–H groups in total. The highest BCUT2D eigenvalue weighted by molar-refractivity contribution is 9.10. The van der Waals surface area contributed by atoms with Crippen LogP contribution in [0.25, 0.3) is 11.6 Å². The van der Waals surface area contributed by atoms with Crippen LogP contribution >= 0.6 is 15.9 Å². The predicted octanol–water partition coefficient (Wildman–Crippen LogP) is 4.75. The number of nitrogens with zero attached hydrogens (tertiary/aromatic N) is 2. The van der Waals surface area contributed by atoms with E-state index in [9.17, 15) is 0 Å². The third kappa shape index (κ3) is 3.03. The SMILES string of the molecule is CCCNc1nc(-c2occc2Br)nc(C)c1C(C)C. The molecule has 0 spiro atoms. The van der Waals surface area contributed by atoms with Crippen LogP contribution in [0, 0.1) is 6.92 Å². The molecule has 2 aromatic rings. The molecule has 0 radical (unpaired) electrons. The van der Waals surface area contributed by atoms with E-state index >= 15 is 0 Å². The van der Waals surface area contributed by atoms with Crippen LogP contribution in [0.4, 0.5) is 5.82 Å². The van der Waals surface area contributed by atoms with E-state index in [0.717, 1.165) is 29.0 Å². The molecule has 0 saturated heterocycles. The van der Waals surface area contributed by atoms with Crippen LogP contribution in [-0.4, -0.2) is 16.5 Å². The van der Waals surface area contributed by atoms with Crippen LogP contribution in [0.1, 0.15) is 44.4 Å². The number of hydrogen-bond acceptors (Lipinski definition) is 4. The summed E-state index contributed by atoms with van der Waals surface area (Å²) in [4.78, 5) is 9.24. The van der Waals surface area contributed by atoms with Gasteiger partial charge in [0.2, 0.25) is 0 Å². The molecule has 0 aromatic carbocycles. The Morgan fingerprint density at radius 1 is 1.35 bits per heavy atom. The van der Waals surface area contributed by atoms with Gasteiger partial charge in [0.1, 0.15) is 5.82 Å². The van der Waals surface area contributed by atoms with E-state index in [1.165, 1.54) is 5.56 Å². The Kier molecular flexibility index (Phi) is 4.81. The lowest BCUT2D eigenvalue weighted by Crippen LogP contribution is -2.10. The van der Waals surface area contributed by atoms with Crippen molar-refractivity contribution < 1.29 is 4.42 Å². The number of anilines is 1. The fraction of sp³-hybridized carbons (Fsp3) is 0.467. The van der Waals surface area contributed by atoms with E-state index in [1.54, 1.807) is 6.26 Å². The Labute approximate surface area is 128 Å².